The Morgan fingerprint density at radius 3 is 2.06 bits per heavy atom. The van der Waals surface area contributed by atoms with Crippen molar-refractivity contribution in [1.29, 1.82) is 5.26 Å². The van der Waals surface area contributed by atoms with Gasteiger partial charge in [-0.1, -0.05) is 42.5 Å². The molecular formula is C26H25N5. The summed E-state index contributed by atoms with van der Waals surface area (Å²) in [5.41, 5.74) is 5.57. The Bertz CT molecular complexity index is 1150. The van der Waals surface area contributed by atoms with Gasteiger partial charge in [-0.25, -0.2) is 4.98 Å². The van der Waals surface area contributed by atoms with E-state index >= 15 is 0 Å². The molecule has 5 rings (SSSR count). The largest absolute Gasteiger partial charge is 0.368 e. The van der Waals surface area contributed by atoms with Crippen molar-refractivity contribution in [2.24, 2.45) is 0 Å². The van der Waals surface area contributed by atoms with Crippen molar-refractivity contribution in [3.05, 3.63) is 90.3 Å². The third kappa shape index (κ3) is 4.10. The van der Waals surface area contributed by atoms with Gasteiger partial charge >= 0.3 is 0 Å². The first-order valence-corrected chi connectivity index (χ1v) is 10.8. The number of nitrogens with zero attached hydrogens (tertiary/aromatic N) is 4. The average molecular weight is 408 g/mol. The zero-order valence-corrected chi connectivity index (χ0v) is 17.4. The van der Waals surface area contributed by atoms with Crippen LogP contribution in [0.5, 0.6) is 0 Å². The molecular weight excluding hydrogens is 382 g/mol. The first kappa shape index (κ1) is 19.2. The number of H-pyrrole nitrogens is 1. The summed E-state index contributed by atoms with van der Waals surface area (Å²) in [7, 11) is 0. The molecule has 0 aliphatic carbocycles. The monoisotopic (exact) mass is 407 g/mol. The molecule has 2 heterocycles. The molecule has 0 amide bonds. The van der Waals surface area contributed by atoms with Crippen molar-refractivity contribution in [3.8, 4) is 6.07 Å². The van der Waals surface area contributed by atoms with Gasteiger partial charge in [0.05, 0.1) is 17.1 Å². The van der Waals surface area contributed by atoms with E-state index < -0.39 is 0 Å². The minimum absolute atomic E-state index is 0.285. The van der Waals surface area contributed by atoms with Gasteiger partial charge in [-0.15, -0.1) is 0 Å². The number of fused-ring (bicyclic) bond motifs is 1. The minimum atomic E-state index is -0.285. The molecule has 0 spiro atoms. The van der Waals surface area contributed by atoms with Crippen molar-refractivity contribution >= 4 is 22.4 Å². The molecule has 5 nitrogen and oxygen atoms in total. The number of hydrogen-bond donors (Lipinski definition) is 1. The molecule has 154 valence electrons. The normalized spacial score (nSPS) is 15.1. The van der Waals surface area contributed by atoms with E-state index in [0.29, 0.717) is 6.42 Å². The number of anilines is 2. The Hall–Kier alpha value is -3.78. The standard InChI is InChI=1S/C26H25N5/c27-19-21(26-28-24-8-4-5-9-25(24)29-26)18-20-10-12-23(13-11-20)31-16-14-30(15-17-31)22-6-2-1-3-7-22/h1-13,21H,14-18H2,(H,28,29). The maximum Gasteiger partial charge on any atom is 0.124 e. The zero-order valence-electron chi connectivity index (χ0n) is 17.4. The molecule has 3 aromatic carbocycles. The van der Waals surface area contributed by atoms with Gasteiger partial charge in [0.15, 0.2) is 0 Å². The number of nitrogens with one attached hydrogen (secondary N) is 1. The topological polar surface area (TPSA) is 59.0 Å². The number of imidazole rings is 1. The lowest BCUT2D eigenvalue weighted by atomic mass is 9.99. The van der Waals surface area contributed by atoms with Crippen LogP contribution in [0.25, 0.3) is 11.0 Å². The molecule has 1 atom stereocenters. The fourth-order valence-corrected chi connectivity index (χ4v) is 4.28. The zero-order chi connectivity index (χ0) is 21.0. The van der Waals surface area contributed by atoms with Crippen LogP contribution in [0.1, 0.15) is 17.3 Å². The second-order valence-corrected chi connectivity index (χ2v) is 8.00. The SMILES string of the molecule is N#CC(Cc1ccc(N2CCN(c3ccccc3)CC2)cc1)c1nc2ccccc2[nH]1. The van der Waals surface area contributed by atoms with Gasteiger partial charge in [0.1, 0.15) is 11.7 Å². The van der Waals surface area contributed by atoms with Crippen LogP contribution in [-0.4, -0.2) is 36.1 Å². The lowest BCUT2D eigenvalue weighted by Crippen LogP contribution is -2.46. The summed E-state index contributed by atoms with van der Waals surface area (Å²) in [5.74, 6) is 0.456. The molecule has 1 aromatic heterocycles. The smallest absolute Gasteiger partial charge is 0.124 e. The van der Waals surface area contributed by atoms with Gasteiger partial charge in [-0.2, -0.15) is 5.26 Å². The highest BCUT2D eigenvalue weighted by atomic mass is 15.3. The highest BCUT2D eigenvalue weighted by Gasteiger charge is 2.19. The molecule has 1 unspecified atom stereocenters. The van der Waals surface area contributed by atoms with Gasteiger partial charge in [-0.05, 0) is 48.4 Å². The van der Waals surface area contributed by atoms with E-state index in [9.17, 15) is 5.26 Å². The Morgan fingerprint density at radius 2 is 1.42 bits per heavy atom. The lowest BCUT2D eigenvalue weighted by molar-refractivity contribution is 0.653. The number of benzene rings is 3. The predicted molar refractivity (Wildman–Crippen MR) is 125 cm³/mol. The molecule has 0 saturated carbocycles. The van der Waals surface area contributed by atoms with Crippen molar-refractivity contribution in [3.63, 3.8) is 0 Å². The molecule has 4 aromatic rings. The highest BCUT2D eigenvalue weighted by Crippen LogP contribution is 2.24. The number of rotatable bonds is 5. The van der Waals surface area contributed by atoms with Crippen LogP contribution in [0.15, 0.2) is 78.9 Å². The van der Waals surface area contributed by atoms with Crippen molar-refractivity contribution in [1.82, 2.24) is 9.97 Å². The van der Waals surface area contributed by atoms with Crippen LogP contribution in [0.3, 0.4) is 0 Å². The van der Waals surface area contributed by atoms with E-state index in [1.807, 2.05) is 24.3 Å². The van der Waals surface area contributed by atoms with Gasteiger partial charge in [0, 0.05) is 37.6 Å². The molecule has 1 aliphatic heterocycles. The average Bonchev–Trinajstić information content (AvgIpc) is 3.28. The predicted octanol–water partition coefficient (Wildman–Crippen LogP) is 4.74. The summed E-state index contributed by atoms with van der Waals surface area (Å²) in [5, 5.41) is 9.72. The third-order valence-corrected chi connectivity index (χ3v) is 6.04. The first-order valence-electron chi connectivity index (χ1n) is 10.8. The quantitative estimate of drug-likeness (QED) is 0.519. The summed E-state index contributed by atoms with van der Waals surface area (Å²) in [4.78, 5) is 12.8. The summed E-state index contributed by atoms with van der Waals surface area (Å²) >= 11 is 0. The molecule has 1 N–H and O–H groups in total. The number of para-hydroxylation sites is 3. The number of hydrogen-bond acceptors (Lipinski definition) is 4. The minimum Gasteiger partial charge on any atom is -0.368 e. The van der Waals surface area contributed by atoms with Crippen molar-refractivity contribution in [2.45, 2.75) is 12.3 Å². The second-order valence-electron chi connectivity index (χ2n) is 8.00. The third-order valence-electron chi connectivity index (χ3n) is 6.04. The van der Waals surface area contributed by atoms with Crippen LogP contribution >= 0.6 is 0 Å². The van der Waals surface area contributed by atoms with Gasteiger partial charge < -0.3 is 14.8 Å². The fraction of sp³-hybridized carbons (Fsp3) is 0.231. The van der Waals surface area contributed by atoms with Gasteiger partial charge in [0.25, 0.3) is 0 Å². The summed E-state index contributed by atoms with van der Waals surface area (Å²) < 4.78 is 0. The number of piperazine rings is 1. The number of nitriles is 1. The maximum absolute atomic E-state index is 9.72. The van der Waals surface area contributed by atoms with Crippen molar-refractivity contribution < 1.29 is 0 Å². The summed E-state index contributed by atoms with van der Waals surface area (Å²) in [6.45, 7) is 4.06. The van der Waals surface area contributed by atoms with Gasteiger partial charge in [0.2, 0.25) is 0 Å². The molecule has 5 heteroatoms. The molecule has 1 aliphatic rings. The van der Waals surface area contributed by atoms with Crippen LogP contribution in [0.4, 0.5) is 11.4 Å². The van der Waals surface area contributed by atoms with Crippen molar-refractivity contribution in [2.75, 3.05) is 36.0 Å². The van der Waals surface area contributed by atoms with Gasteiger partial charge in [-0.3, -0.25) is 0 Å². The van der Waals surface area contributed by atoms with E-state index in [-0.39, 0.29) is 5.92 Å². The Morgan fingerprint density at radius 1 is 0.806 bits per heavy atom. The maximum atomic E-state index is 9.72. The molecule has 31 heavy (non-hydrogen) atoms. The summed E-state index contributed by atoms with van der Waals surface area (Å²) in [6, 6.07) is 29.6. The van der Waals surface area contributed by atoms with E-state index in [1.54, 1.807) is 0 Å². The van der Waals surface area contributed by atoms with E-state index in [1.165, 1.54) is 11.4 Å². The molecule has 1 saturated heterocycles. The van der Waals surface area contributed by atoms with E-state index in [2.05, 4.69) is 80.4 Å². The fourth-order valence-electron chi connectivity index (χ4n) is 4.28. The second kappa shape index (κ2) is 8.53. The van der Waals surface area contributed by atoms with E-state index in [0.717, 1.165) is 48.6 Å². The van der Waals surface area contributed by atoms with Crippen LogP contribution in [0.2, 0.25) is 0 Å². The highest BCUT2D eigenvalue weighted by molar-refractivity contribution is 5.75. The summed E-state index contributed by atoms with van der Waals surface area (Å²) in [6.07, 6.45) is 0.651. The lowest BCUT2D eigenvalue weighted by Gasteiger charge is -2.37. The number of aromatic amines is 1. The number of aromatic nitrogens is 2. The Labute approximate surface area is 182 Å². The van der Waals surface area contributed by atoms with Crippen LogP contribution < -0.4 is 9.80 Å². The Balaban J connectivity index is 1.23. The van der Waals surface area contributed by atoms with E-state index in [4.69, 9.17) is 0 Å². The first-order chi connectivity index (χ1) is 15.3. The van der Waals surface area contributed by atoms with Crippen LogP contribution in [-0.2, 0) is 6.42 Å². The molecule has 0 bridgehead atoms. The van der Waals surface area contributed by atoms with Crippen LogP contribution in [0, 0.1) is 11.3 Å². The molecule has 0 radical (unpaired) electrons. The Kier molecular flexibility index (Phi) is 5.28. The molecule has 1 fully saturated rings.